The third-order valence-electron chi connectivity index (χ3n) is 5.42. The van der Waals surface area contributed by atoms with Gasteiger partial charge in [0.1, 0.15) is 6.61 Å². The lowest BCUT2D eigenvalue weighted by atomic mass is 9.61. The summed E-state index contributed by atoms with van der Waals surface area (Å²) in [7, 11) is 0. The fourth-order valence-corrected chi connectivity index (χ4v) is 4.45. The lowest BCUT2D eigenvalue weighted by Crippen LogP contribution is -2.47. The lowest BCUT2D eigenvalue weighted by molar-refractivity contribution is -0.132. The Morgan fingerprint density at radius 3 is 2.56 bits per heavy atom. The maximum atomic E-state index is 11.9. The topological polar surface area (TPSA) is 57.5 Å². The van der Waals surface area contributed by atoms with E-state index in [0.29, 0.717) is 11.8 Å². The molecule has 0 spiro atoms. The van der Waals surface area contributed by atoms with Crippen LogP contribution in [0.1, 0.15) is 46.5 Å². The van der Waals surface area contributed by atoms with E-state index in [4.69, 9.17) is 5.11 Å². The van der Waals surface area contributed by atoms with E-state index < -0.39 is 5.60 Å². The largest absolute Gasteiger partial charge is 0.390 e. The Hall–Kier alpha value is -0.410. The standard InChI is InChI=1S/C15H26O3/c1-9(2)10-6-7-15(3,18)12-5-4-11(14(10)12)13(17)8-16/h9-12,14,16,18H,4-8H2,1-3H3/t10-,11+,12+,14-,15+/m0/s1. The zero-order valence-electron chi connectivity index (χ0n) is 11.7. The first-order chi connectivity index (χ1) is 8.38. The quantitative estimate of drug-likeness (QED) is 0.810. The zero-order valence-corrected chi connectivity index (χ0v) is 11.7. The fraction of sp³-hybridized carbons (Fsp3) is 0.933. The van der Waals surface area contributed by atoms with Crippen molar-refractivity contribution in [2.24, 2.45) is 29.6 Å². The Morgan fingerprint density at radius 2 is 2.00 bits per heavy atom. The highest BCUT2D eigenvalue weighted by molar-refractivity contribution is 5.82. The molecule has 0 aromatic rings. The highest BCUT2D eigenvalue weighted by Gasteiger charge is 2.53. The van der Waals surface area contributed by atoms with Gasteiger partial charge in [0.05, 0.1) is 5.60 Å². The zero-order chi connectivity index (χ0) is 13.5. The van der Waals surface area contributed by atoms with Crippen molar-refractivity contribution in [3.8, 4) is 0 Å². The number of hydrogen-bond donors (Lipinski definition) is 2. The molecule has 0 saturated heterocycles. The molecule has 3 heteroatoms. The molecule has 0 aromatic carbocycles. The molecular weight excluding hydrogens is 228 g/mol. The number of rotatable bonds is 3. The van der Waals surface area contributed by atoms with Crippen molar-refractivity contribution in [2.45, 2.75) is 52.1 Å². The minimum Gasteiger partial charge on any atom is -0.390 e. The van der Waals surface area contributed by atoms with Gasteiger partial charge in [-0.2, -0.15) is 0 Å². The van der Waals surface area contributed by atoms with Gasteiger partial charge in [0.25, 0.3) is 0 Å². The summed E-state index contributed by atoms with van der Waals surface area (Å²) < 4.78 is 0. The molecule has 5 atom stereocenters. The van der Waals surface area contributed by atoms with Crippen LogP contribution in [0.15, 0.2) is 0 Å². The summed E-state index contributed by atoms with van der Waals surface area (Å²) in [6.45, 7) is 6.00. The van der Waals surface area contributed by atoms with E-state index in [1.54, 1.807) is 0 Å². The van der Waals surface area contributed by atoms with E-state index in [1.165, 1.54) is 0 Å². The number of carbonyl (C=O) groups excluding carboxylic acids is 1. The lowest BCUT2D eigenvalue weighted by Gasteiger charge is -2.46. The first-order valence-electron chi connectivity index (χ1n) is 7.24. The smallest absolute Gasteiger partial charge is 0.161 e. The molecule has 2 N–H and O–H groups in total. The third kappa shape index (κ3) is 2.23. The summed E-state index contributed by atoms with van der Waals surface area (Å²) in [4.78, 5) is 11.9. The minimum atomic E-state index is -0.624. The minimum absolute atomic E-state index is 0.0224. The van der Waals surface area contributed by atoms with Gasteiger partial charge < -0.3 is 10.2 Å². The van der Waals surface area contributed by atoms with Crippen molar-refractivity contribution in [1.82, 2.24) is 0 Å². The predicted octanol–water partition coefficient (Wildman–Crippen LogP) is 2.01. The van der Waals surface area contributed by atoms with E-state index in [9.17, 15) is 9.90 Å². The van der Waals surface area contributed by atoms with Crippen LogP contribution in [0, 0.1) is 29.6 Å². The molecule has 2 aliphatic carbocycles. The van der Waals surface area contributed by atoms with Crippen LogP contribution in [0.25, 0.3) is 0 Å². The fourth-order valence-electron chi connectivity index (χ4n) is 4.45. The van der Waals surface area contributed by atoms with E-state index in [0.717, 1.165) is 25.7 Å². The summed E-state index contributed by atoms with van der Waals surface area (Å²) in [6.07, 6.45) is 3.61. The van der Waals surface area contributed by atoms with Gasteiger partial charge in [-0.3, -0.25) is 4.79 Å². The third-order valence-corrected chi connectivity index (χ3v) is 5.42. The molecular formula is C15H26O3. The van der Waals surface area contributed by atoms with Crippen LogP contribution in [0.3, 0.4) is 0 Å². The maximum Gasteiger partial charge on any atom is 0.161 e. The Bertz CT molecular complexity index is 322. The maximum absolute atomic E-state index is 11.9. The number of ketones is 1. The van der Waals surface area contributed by atoms with Gasteiger partial charge in [-0.05, 0) is 56.3 Å². The van der Waals surface area contributed by atoms with Crippen molar-refractivity contribution in [1.29, 1.82) is 0 Å². The van der Waals surface area contributed by atoms with Gasteiger partial charge in [-0.1, -0.05) is 13.8 Å². The number of fused-ring (bicyclic) bond motifs is 1. The van der Waals surface area contributed by atoms with E-state index in [-0.39, 0.29) is 30.1 Å². The van der Waals surface area contributed by atoms with Crippen molar-refractivity contribution < 1.29 is 15.0 Å². The van der Waals surface area contributed by atoms with Crippen molar-refractivity contribution in [2.75, 3.05) is 6.61 Å². The molecule has 2 fully saturated rings. The monoisotopic (exact) mass is 254 g/mol. The van der Waals surface area contributed by atoms with Crippen LogP contribution in [-0.2, 0) is 4.79 Å². The van der Waals surface area contributed by atoms with Crippen molar-refractivity contribution >= 4 is 5.78 Å². The number of aliphatic hydroxyl groups is 2. The van der Waals surface area contributed by atoms with Crippen molar-refractivity contribution in [3.63, 3.8) is 0 Å². The SMILES string of the molecule is CC(C)[C@@H]1CC[C@@](C)(O)[C@@H]2CC[C@H](C(=O)CO)[C@@H]21. The Kier molecular flexibility index (Phi) is 3.84. The second-order valence-electron chi connectivity index (χ2n) is 6.80. The van der Waals surface area contributed by atoms with Crippen LogP contribution in [0.2, 0.25) is 0 Å². The Labute approximate surface area is 110 Å². The summed E-state index contributed by atoms with van der Waals surface area (Å²) in [5.41, 5.74) is -0.624. The van der Waals surface area contributed by atoms with Gasteiger partial charge in [-0.25, -0.2) is 0 Å². The van der Waals surface area contributed by atoms with E-state index in [2.05, 4.69) is 13.8 Å². The number of carbonyl (C=O) groups is 1. The molecule has 0 amide bonds. The predicted molar refractivity (Wildman–Crippen MR) is 70.0 cm³/mol. The van der Waals surface area contributed by atoms with Crippen LogP contribution in [0.4, 0.5) is 0 Å². The highest BCUT2D eigenvalue weighted by Crippen LogP contribution is 2.54. The number of Topliss-reactive ketones (excluding diaryl/α,β-unsaturated/α-hetero) is 1. The molecule has 2 aliphatic rings. The van der Waals surface area contributed by atoms with Gasteiger partial charge in [0, 0.05) is 5.92 Å². The average molecular weight is 254 g/mol. The molecule has 0 unspecified atom stereocenters. The van der Waals surface area contributed by atoms with E-state index >= 15 is 0 Å². The van der Waals surface area contributed by atoms with E-state index in [1.807, 2.05) is 6.92 Å². The molecule has 0 aliphatic heterocycles. The molecule has 0 radical (unpaired) electrons. The average Bonchev–Trinajstić information content (AvgIpc) is 2.73. The molecule has 18 heavy (non-hydrogen) atoms. The second-order valence-corrected chi connectivity index (χ2v) is 6.80. The van der Waals surface area contributed by atoms with Gasteiger partial charge in [0.2, 0.25) is 0 Å². The number of hydrogen-bond acceptors (Lipinski definition) is 3. The van der Waals surface area contributed by atoms with Crippen molar-refractivity contribution in [3.05, 3.63) is 0 Å². The second kappa shape index (κ2) is 4.93. The summed E-state index contributed by atoms with van der Waals surface area (Å²) in [5, 5.41) is 19.7. The molecule has 0 heterocycles. The Balaban J connectivity index is 2.27. The first kappa shape index (κ1) is 14.0. The molecule has 2 saturated carbocycles. The molecule has 0 bridgehead atoms. The summed E-state index contributed by atoms with van der Waals surface area (Å²) in [6, 6.07) is 0. The van der Waals surface area contributed by atoms with Crippen LogP contribution >= 0.6 is 0 Å². The number of aliphatic hydroxyl groups excluding tert-OH is 1. The molecule has 104 valence electrons. The van der Waals surface area contributed by atoms with Crippen LogP contribution in [-0.4, -0.2) is 28.2 Å². The molecule has 2 rings (SSSR count). The summed E-state index contributed by atoms with van der Waals surface area (Å²) in [5.74, 6) is 1.51. The van der Waals surface area contributed by atoms with Gasteiger partial charge in [0.15, 0.2) is 5.78 Å². The van der Waals surface area contributed by atoms with Gasteiger partial charge in [-0.15, -0.1) is 0 Å². The molecule has 0 aromatic heterocycles. The Morgan fingerprint density at radius 1 is 1.33 bits per heavy atom. The van der Waals surface area contributed by atoms with Crippen LogP contribution in [0.5, 0.6) is 0 Å². The van der Waals surface area contributed by atoms with Gasteiger partial charge >= 0.3 is 0 Å². The normalized spacial score (nSPS) is 44.1. The van der Waals surface area contributed by atoms with Crippen LogP contribution < -0.4 is 0 Å². The highest BCUT2D eigenvalue weighted by atomic mass is 16.3. The molecule has 3 nitrogen and oxygen atoms in total. The first-order valence-corrected chi connectivity index (χ1v) is 7.24. The summed E-state index contributed by atoms with van der Waals surface area (Å²) >= 11 is 0.